The standard InChI is InChI=1S/C20H27N3OS/c1-15-5-3-7-18(21-15)10-23-9-17-6-4-8-20(17,13-23)14-24-11-19-12-25-16(2)22-19/h3,5,7,12,17H,4,6,8-11,13-14H2,1-2H3/t17-,20+/m0/s1. The monoisotopic (exact) mass is 357 g/mol. The van der Waals surface area contributed by atoms with Crippen molar-refractivity contribution < 1.29 is 4.74 Å². The molecule has 1 aliphatic carbocycles. The van der Waals surface area contributed by atoms with E-state index in [1.807, 2.05) is 6.92 Å². The number of hydrogen-bond donors (Lipinski definition) is 0. The Balaban J connectivity index is 1.36. The summed E-state index contributed by atoms with van der Waals surface area (Å²) in [4.78, 5) is 11.8. The molecule has 2 fully saturated rings. The first-order chi connectivity index (χ1) is 12.1. The predicted molar refractivity (Wildman–Crippen MR) is 101 cm³/mol. The summed E-state index contributed by atoms with van der Waals surface area (Å²) in [5.74, 6) is 0.773. The molecule has 1 saturated carbocycles. The second-order valence-corrected chi connectivity index (χ2v) is 8.80. The van der Waals surface area contributed by atoms with E-state index >= 15 is 0 Å². The van der Waals surface area contributed by atoms with Gasteiger partial charge in [-0.25, -0.2) is 4.98 Å². The highest BCUT2D eigenvalue weighted by molar-refractivity contribution is 7.09. The molecule has 4 rings (SSSR count). The van der Waals surface area contributed by atoms with Crippen molar-refractivity contribution >= 4 is 11.3 Å². The molecular weight excluding hydrogens is 330 g/mol. The van der Waals surface area contributed by atoms with Gasteiger partial charge in [0.15, 0.2) is 0 Å². The van der Waals surface area contributed by atoms with Crippen LogP contribution in [0.1, 0.15) is 41.4 Å². The number of hydrogen-bond acceptors (Lipinski definition) is 5. The predicted octanol–water partition coefficient (Wildman–Crippen LogP) is 3.97. The number of rotatable bonds is 6. The van der Waals surface area contributed by atoms with Crippen molar-refractivity contribution in [3.63, 3.8) is 0 Å². The molecule has 2 atom stereocenters. The van der Waals surface area contributed by atoms with Gasteiger partial charge in [-0.3, -0.25) is 9.88 Å². The van der Waals surface area contributed by atoms with Gasteiger partial charge in [-0.2, -0.15) is 0 Å². The highest BCUT2D eigenvalue weighted by atomic mass is 32.1. The van der Waals surface area contributed by atoms with E-state index in [2.05, 4.69) is 45.4 Å². The van der Waals surface area contributed by atoms with E-state index in [-0.39, 0.29) is 0 Å². The Kier molecular flexibility index (Phi) is 4.89. The van der Waals surface area contributed by atoms with Gasteiger partial charge in [0.2, 0.25) is 0 Å². The van der Waals surface area contributed by atoms with Crippen molar-refractivity contribution in [1.82, 2.24) is 14.9 Å². The molecule has 1 aliphatic heterocycles. The summed E-state index contributed by atoms with van der Waals surface area (Å²) in [5.41, 5.74) is 3.71. The number of aromatic nitrogens is 2. The summed E-state index contributed by atoms with van der Waals surface area (Å²) in [6.45, 7) is 8.93. The van der Waals surface area contributed by atoms with Crippen molar-refractivity contribution in [2.24, 2.45) is 11.3 Å². The van der Waals surface area contributed by atoms with Crippen LogP contribution in [0.4, 0.5) is 0 Å². The zero-order valence-electron chi connectivity index (χ0n) is 15.2. The highest BCUT2D eigenvalue weighted by Crippen LogP contribution is 2.49. The van der Waals surface area contributed by atoms with E-state index in [1.54, 1.807) is 11.3 Å². The highest BCUT2D eigenvalue weighted by Gasteiger charge is 2.49. The van der Waals surface area contributed by atoms with Crippen molar-refractivity contribution in [2.75, 3.05) is 19.7 Å². The van der Waals surface area contributed by atoms with Gasteiger partial charge in [0, 0.05) is 36.1 Å². The number of likely N-dealkylation sites (tertiary alicyclic amines) is 1. The second kappa shape index (κ2) is 7.14. The SMILES string of the molecule is Cc1cccc(CN2C[C@@H]3CCC[C@]3(COCc3csc(C)n3)C2)n1. The average Bonchev–Trinajstić information content (AvgIpc) is 3.22. The fraction of sp³-hybridized carbons (Fsp3) is 0.600. The van der Waals surface area contributed by atoms with Crippen LogP contribution in [0.3, 0.4) is 0 Å². The molecule has 3 heterocycles. The molecule has 0 spiro atoms. The minimum atomic E-state index is 0.342. The number of nitrogens with zero attached hydrogens (tertiary/aromatic N) is 3. The molecule has 0 unspecified atom stereocenters. The summed E-state index contributed by atoms with van der Waals surface area (Å²) in [6.07, 6.45) is 3.99. The number of fused-ring (bicyclic) bond motifs is 1. The van der Waals surface area contributed by atoms with E-state index in [4.69, 9.17) is 4.74 Å². The third kappa shape index (κ3) is 3.78. The van der Waals surface area contributed by atoms with Crippen molar-refractivity contribution in [3.05, 3.63) is 45.7 Å². The number of ether oxygens (including phenoxy) is 1. The lowest BCUT2D eigenvalue weighted by Crippen LogP contribution is -2.32. The van der Waals surface area contributed by atoms with Gasteiger partial charge < -0.3 is 4.74 Å². The lowest BCUT2D eigenvalue weighted by molar-refractivity contribution is 0.0254. The molecule has 2 aliphatic rings. The third-order valence-electron chi connectivity index (χ3n) is 5.75. The van der Waals surface area contributed by atoms with Crippen molar-refractivity contribution in [2.45, 2.75) is 46.3 Å². The van der Waals surface area contributed by atoms with E-state index in [0.717, 1.165) is 42.0 Å². The first-order valence-electron chi connectivity index (χ1n) is 9.27. The molecule has 0 bridgehead atoms. The van der Waals surface area contributed by atoms with E-state index in [9.17, 15) is 0 Å². The Bertz CT molecular complexity index is 731. The van der Waals surface area contributed by atoms with Crippen LogP contribution in [-0.4, -0.2) is 34.6 Å². The van der Waals surface area contributed by atoms with Gasteiger partial charge in [0.05, 0.1) is 29.6 Å². The smallest absolute Gasteiger partial charge is 0.0898 e. The Hall–Kier alpha value is -1.30. The van der Waals surface area contributed by atoms with Crippen LogP contribution in [0, 0.1) is 25.2 Å². The van der Waals surface area contributed by atoms with Gasteiger partial charge in [-0.15, -0.1) is 11.3 Å². The minimum Gasteiger partial charge on any atom is -0.374 e. The Morgan fingerprint density at radius 2 is 2.20 bits per heavy atom. The van der Waals surface area contributed by atoms with Crippen LogP contribution in [-0.2, 0) is 17.9 Å². The zero-order chi connectivity index (χ0) is 17.3. The third-order valence-corrected chi connectivity index (χ3v) is 6.57. The van der Waals surface area contributed by atoms with Gasteiger partial charge in [-0.1, -0.05) is 12.5 Å². The Morgan fingerprint density at radius 1 is 1.28 bits per heavy atom. The van der Waals surface area contributed by atoms with Crippen molar-refractivity contribution in [1.29, 1.82) is 0 Å². The fourth-order valence-corrected chi connectivity index (χ4v) is 5.23. The van der Waals surface area contributed by atoms with Crippen molar-refractivity contribution in [3.8, 4) is 0 Å². The maximum atomic E-state index is 6.14. The van der Waals surface area contributed by atoms with Gasteiger partial charge in [0.1, 0.15) is 0 Å². The summed E-state index contributed by atoms with van der Waals surface area (Å²) in [5, 5.41) is 3.23. The number of thiazole rings is 1. The fourth-order valence-electron chi connectivity index (χ4n) is 4.63. The maximum Gasteiger partial charge on any atom is 0.0898 e. The number of pyridine rings is 1. The lowest BCUT2D eigenvalue weighted by Gasteiger charge is -2.28. The normalized spacial score (nSPS) is 26.2. The van der Waals surface area contributed by atoms with Gasteiger partial charge in [0.25, 0.3) is 0 Å². The largest absolute Gasteiger partial charge is 0.374 e. The molecule has 1 saturated heterocycles. The number of aryl methyl sites for hydroxylation is 2. The molecule has 2 aromatic heterocycles. The van der Waals surface area contributed by atoms with Crippen LogP contribution in [0.15, 0.2) is 23.6 Å². The Labute approximate surface area is 154 Å². The van der Waals surface area contributed by atoms with Gasteiger partial charge >= 0.3 is 0 Å². The van der Waals surface area contributed by atoms with E-state index < -0.39 is 0 Å². The van der Waals surface area contributed by atoms with Crippen LogP contribution in [0.5, 0.6) is 0 Å². The molecule has 2 aromatic rings. The molecule has 4 nitrogen and oxygen atoms in total. The zero-order valence-corrected chi connectivity index (χ0v) is 16.0. The molecular formula is C20H27N3OS. The first kappa shape index (κ1) is 17.1. The first-order valence-corrected chi connectivity index (χ1v) is 10.1. The minimum absolute atomic E-state index is 0.342. The molecule has 134 valence electrons. The maximum absolute atomic E-state index is 6.14. The molecule has 25 heavy (non-hydrogen) atoms. The molecule has 0 N–H and O–H groups in total. The van der Waals surface area contributed by atoms with E-state index in [0.29, 0.717) is 12.0 Å². The topological polar surface area (TPSA) is 38.2 Å². The summed E-state index contributed by atoms with van der Waals surface area (Å²) in [7, 11) is 0. The summed E-state index contributed by atoms with van der Waals surface area (Å²) < 4.78 is 6.14. The molecule has 0 aromatic carbocycles. The quantitative estimate of drug-likeness (QED) is 0.784. The summed E-state index contributed by atoms with van der Waals surface area (Å²) in [6, 6.07) is 6.33. The second-order valence-electron chi connectivity index (χ2n) is 7.74. The van der Waals surface area contributed by atoms with Gasteiger partial charge in [-0.05, 0) is 44.7 Å². The van der Waals surface area contributed by atoms with Crippen LogP contribution in [0.25, 0.3) is 0 Å². The van der Waals surface area contributed by atoms with Crippen LogP contribution >= 0.6 is 11.3 Å². The lowest BCUT2D eigenvalue weighted by atomic mass is 9.81. The van der Waals surface area contributed by atoms with Crippen LogP contribution in [0.2, 0.25) is 0 Å². The van der Waals surface area contributed by atoms with Crippen LogP contribution < -0.4 is 0 Å². The van der Waals surface area contributed by atoms with E-state index in [1.165, 1.54) is 31.5 Å². The molecule has 0 radical (unpaired) electrons. The average molecular weight is 358 g/mol. The summed E-state index contributed by atoms with van der Waals surface area (Å²) >= 11 is 1.70. The molecule has 5 heteroatoms. The Morgan fingerprint density at radius 3 is 3.00 bits per heavy atom. The molecule has 0 amide bonds.